The Morgan fingerprint density at radius 3 is 2.36 bits per heavy atom. The monoisotopic (exact) mass is 156 g/mol. The maximum Gasteiger partial charge on any atom is 0.162 e. The van der Waals surface area contributed by atoms with Gasteiger partial charge in [0, 0.05) is 5.92 Å². The van der Waals surface area contributed by atoms with Crippen molar-refractivity contribution in [2.75, 3.05) is 13.2 Å². The highest BCUT2D eigenvalue weighted by Crippen LogP contribution is 2.22. The van der Waals surface area contributed by atoms with E-state index in [0.29, 0.717) is 5.92 Å². The third-order valence-electron chi connectivity index (χ3n) is 2.03. The molecule has 1 aliphatic heterocycles. The van der Waals surface area contributed by atoms with Gasteiger partial charge in [-0.25, -0.2) is 0 Å². The molecule has 0 aliphatic carbocycles. The van der Waals surface area contributed by atoms with Crippen molar-refractivity contribution in [2.24, 2.45) is 5.92 Å². The van der Waals surface area contributed by atoms with E-state index < -0.39 is 0 Å². The molecule has 3 heteroatoms. The van der Waals surface area contributed by atoms with E-state index in [1.54, 1.807) is 0 Å². The molecule has 0 saturated carbocycles. The Bertz CT molecular complexity index is 115. The quantitative estimate of drug-likeness (QED) is 0.551. The lowest BCUT2D eigenvalue weighted by Gasteiger charge is -2.34. The van der Waals surface area contributed by atoms with Crippen molar-refractivity contribution >= 4 is 7.85 Å². The zero-order chi connectivity index (χ0) is 8.32. The van der Waals surface area contributed by atoms with Gasteiger partial charge in [-0.2, -0.15) is 0 Å². The first-order chi connectivity index (χ1) is 5.14. The molecule has 1 saturated heterocycles. The zero-order valence-electron chi connectivity index (χ0n) is 7.72. The molecular formula is C8H17BO2. The van der Waals surface area contributed by atoms with Crippen molar-refractivity contribution < 1.29 is 9.47 Å². The molecule has 0 bridgehead atoms. The third-order valence-corrected chi connectivity index (χ3v) is 2.03. The van der Waals surface area contributed by atoms with Gasteiger partial charge in [-0.1, -0.05) is 12.7 Å². The van der Waals surface area contributed by atoms with Gasteiger partial charge in [-0.05, 0) is 13.8 Å². The summed E-state index contributed by atoms with van der Waals surface area (Å²) in [5.41, 5.74) is 0. The van der Waals surface area contributed by atoms with Gasteiger partial charge in [-0.3, -0.25) is 0 Å². The van der Waals surface area contributed by atoms with Crippen LogP contribution in [0, 0.1) is 5.92 Å². The third kappa shape index (κ3) is 2.84. The average molecular weight is 156 g/mol. The Kier molecular flexibility index (Phi) is 2.96. The molecule has 0 amide bonds. The number of rotatable bonds is 2. The lowest BCUT2D eigenvalue weighted by molar-refractivity contribution is -0.262. The van der Waals surface area contributed by atoms with Crippen LogP contribution in [0.5, 0.6) is 0 Å². The van der Waals surface area contributed by atoms with Crippen LogP contribution in [0.4, 0.5) is 0 Å². The van der Waals surface area contributed by atoms with Crippen LogP contribution in [0.1, 0.15) is 20.3 Å². The van der Waals surface area contributed by atoms with E-state index in [-0.39, 0.29) is 5.79 Å². The predicted octanol–water partition coefficient (Wildman–Crippen LogP) is 0.827. The maximum absolute atomic E-state index is 5.51. The largest absolute Gasteiger partial charge is 0.350 e. The maximum atomic E-state index is 5.51. The number of hydrogen-bond donors (Lipinski definition) is 0. The van der Waals surface area contributed by atoms with Crippen LogP contribution < -0.4 is 0 Å². The molecule has 0 spiro atoms. The van der Waals surface area contributed by atoms with E-state index in [1.807, 2.05) is 13.8 Å². The number of hydrogen-bond acceptors (Lipinski definition) is 2. The highest BCUT2D eigenvalue weighted by Gasteiger charge is 2.27. The van der Waals surface area contributed by atoms with Crippen molar-refractivity contribution in [1.29, 1.82) is 0 Å². The topological polar surface area (TPSA) is 18.5 Å². The first-order valence-corrected chi connectivity index (χ1v) is 4.42. The van der Waals surface area contributed by atoms with Crippen molar-refractivity contribution in [3.8, 4) is 0 Å². The lowest BCUT2D eigenvalue weighted by Crippen LogP contribution is -2.39. The standard InChI is InChI=1S/C8H17BO2/c1-8(2)10-5-7(3-4-9)6-11-8/h7H,3-6,9H2,1-2H3. The Hall–Kier alpha value is -0.0151. The molecular weight excluding hydrogens is 139 g/mol. The first-order valence-electron chi connectivity index (χ1n) is 4.42. The second kappa shape index (κ2) is 3.59. The normalized spacial score (nSPS) is 25.3. The van der Waals surface area contributed by atoms with Gasteiger partial charge in [0.2, 0.25) is 0 Å². The smallest absolute Gasteiger partial charge is 0.162 e. The zero-order valence-corrected chi connectivity index (χ0v) is 7.72. The van der Waals surface area contributed by atoms with Crippen LogP contribution in [-0.4, -0.2) is 26.8 Å². The Morgan fingerprint density at radius 1 is 1.36 bits per heavy atom. The Labute approximate surface area is 69.7 Å². The van der Waals surface area contributed by atoms with Crippen LogP contribution >= 0.6 is 0 Å². The fourth-order valence-electron chi connectivity index (χ4n) is 1.30. The van der Waals surface area contributed by atoms with Gasteiger partial charge in [0.25, 0.3) is 0 Å². The summed E-state index contributed by atoms with van der Waals surface area (Å²) in [6.07, 6.45) is 2.44. The molecule has 64 valence electrons. The van der Waals surface area contributed by atoms with Gasteiger partial charge in [0.05, 0.1) is 13.2 Å². The average Bonchev–Trinajstić information content (AvgIpc) is 1.94. The summed E-state index contributed by atoms with van der Waals surface area (Å²) in [7, 11) is 2.19. The van der Waals surface area contributed by atoms with E-state index >= 15 is 0 Å². The van der Waals surface area contributed by atoms with E-state index in [9.17, 15) is 0 Å². The summed E-state index contributed by atoms with van der Waals surface area (Å²) in [5, 5.41) is 0. The minimum absolute atomic E-state index is 0.343. The fraction of sp³-hybridized carbons (Fsp3) is 1.00. The molecule has 0 atom stereocenters. The van der Waals surface area contributed by atoms with Crippen molar-refractivity contribution in [3.63, 3.8) is 0 Å². The van der Waals surface area contributed by atoms with Gasteiger partial charge in [-0.15, -0.1) is 0 Å². The molecule has 1 heterocycles. The molecule has 1 rings (SSSR count). The summed E-state index contributed by atoms with van der Waals surface area (Å²) in [6, 6.07) is 0. The predicted molar refractivity (Wildman–Crippen MR) is 47.4 cm³/mol. The molecule has 1 fully saturated rings. The van der Waals surface area contributed by atoms with Crippen molar-refractivity contribution in [3.05, 3.63) is 0 Å². The summed E-state index contributed by atoms with van der Waals surface area (Å²) >= 11 is 0. The summed E-state index contributed by atoms with van der Waals surface area (Å²) in [6.45, 7) is 5.66. The fourth-order valence-corrected chi connectivity index (χ4v) is 1.30. The van der Waals surface area contributed by atoms with Gasteiger partial charge in [0.1, 0.15) is 7.85 Å². The summed E-state index contributed by atoms with van der Waals surface area (Å²) in [4.78, 5) is 0. The number of ether oxygens (including phenoxy) is 2. The van der Waals surface area contributed by atoms with Crippen LogP contribution in [-0.2, 0) is 9.47 Å². The first kappa shape index (κ1) is 9.08. The molecule has 0 aromatic heterocycles. The molecule has 2 nitrogen and oxygen atoms in total. The Morgan fingerprint density at radius 2 is 1.91 bits per heavy atom. The molecule has 0 aromatic rings. The van der Waals surface area contributed by atoms with Gasteiger partial charge in [0.15, 0.2) is 5.79 Å². The van der Waals surface area contributed by atoms with Crippen LogP contribution in [0.15, 0.2) is 0 Å². The lowest BCUT2D eigenvalue weighted by atomic mass is 9.94. The van der Waals surface area contributed by atoms with Crippen LogP contribution in [0.2, 0.25) is 6.32 Å². The molecule has 0 N–H and O–H groups in total. The molecule has 0 aromatic carbocycles. The summed E-state index contributed by atoms with van der Waals surface area (Å²) < 4.78 is 11.0. The minimum Gasteiger partial charge on any atom is -0.350 e. The highest BCUT2D eigenvalue weighted by molar-refractivity contribution is 6.08. The van der Waals surface area contributed by atoms with E-state index in [2.05, 4.69) is 7.85 Å². The van der Waals surface area contributed by atoms with E-state index in [4.69, 9.17) is 9.47 Å². The van der Waals surface area contributed by atoms with Gasteiger partial charge < -0.3 is 9.47 Å². The van der Waals surface area contributed by atoms with Gasteiger partial charge >= 0.3 is 0 Å². The highest BCUT2D eigenvalue weighted by atomic mass is 16.7. The van der Waals surface area contributed by atoms with Crippen LogP contribution in [0.25, 0.3) is 0 Å². The van der Waals surface area contributed by atoms with E-state index in [0.717, 1.165) is 13.2 Å². The molecule has 0 unspecified atom stereocenters. The molecule has 1 aliphatic rings. The second-order valence-electron chi connectivity index (χ2n) is 3.68. The van der Waals surface area contributed by atoms with Crippen molar-refractivity contribution in [1.82, 2.24) is 0 Å². The van der Waals surface area contributed by atoms with Crippen LogP contribution in [0.3, 0.4) is 0 Å². The van der Waals surface area contributed by atoms with E-state index in [1.165, 1.54) is 12.7 Å². The minimum atomic E-state index is -0.343. The molecule has 0 radical (unpaired) electrons. The SMILES string of the molecule is BCCC1COC(C)(C)OC1. The van der Waals surface area contributed by atoms with Crippen molar-refractivity contribution in [2.45, 2.75) is 32.4 Å². The second-order valence-corrected chi connectivity index (χ2v) is 3.68. The molecule has 11 heavy (non-hydrogen) atoms. The summed E-state index contributed by atoms with van der Waals surface area (Å²) in [5.74, 6) is 0.276. The Balaban J connectivity index is 2.25.